The maximum Gasteiger partial charge on any atom is 0.293 e. The van der Waals surface area contributed by atoms with Gasteiger partial charge in [0.25, 0.3) is 11.1 Å². The lowest BCUT2D eigenvalue weighted by Crippen LogP contribution is -2.27. The van der Waals surface area contributed by atoms with Gasteiger partial charge in [0.2, 0.25) is 0 Å². The third kappa shape index (κ3) is 4.57. The first-order chi connectivity index (χ1) is 13.8. The van der Waals surface area contributed by atoms with Crippen LogP contribution in [0.15, 0.2) is 41.3 Å². The molecular formula is C21H20ClFN2O3S. The number of rotatable bonds is 6. The molecule has 152 valence electrons. The van der Waals surface area contributed by atoms with E-state index in [0.717, 1.165) is 41.5 Å². The molecule has 1 heterocycles. The molecule has 0 saturated carbocycles. The number of hydrogen-bond acceptors (Lipinski definition) is 5. The Morgan fingerprint density at radius 2 is 1.90 bits per heavy atom. The van der Waals surface area contributed by atoms with E-state index in [1.165, 1.54) is 18.2 Å². The molecule has 1 saturated heterocycles. The van der Waals surface area contributed by atoms with E-state index in [1.807, 2.05) is 19.9 Å². The largest absolute Gasteiger partial charge is 0.507 e. The molecule has 1 fully saturated rings. The fourth-order valence-electron chi connectivity index (χ4n) is 3.04. The van der Waals surface area contributed by atoms with Gasteiger partial charge < -0.3 is 10.0 Å². The van der Waals surface area contributed by atoms with Gasteiger partial charge in [-0.15, -0.1) is 0 Å². The molecule has 0 aliphatic carbocycles. The number of hydrogen-bond donors (Lipinski definition) is 1. The molecule has 0 radical (unpaired) electrons. The number of imide groups is 1. The lowest BCUT2D eigenvalue weighted by Gasteiger charge is -2.21. The molecule has 0 aromatic heterocycles. The Morgan fingerprint density at radius 3 is 2.52 bits per heavy atom. The Morgan fingerprint density at radius 1 is 1.17 bits per heavy atom. The Bertz CT molecular complexity index is 992. The third-order valence-electron chi connectivity index (χ3n) is 4.65. The number of nitrogens with zero attached hydrogens (tertiary/aromatic N) is 2. The zero-order valence-electron chi connectivity index (χ0n) is 16.0. The maximum atomic E-state index is 13.2. The topological polar surface area (TPSA) is 60.9 Å². The molecule has 3 rings (SSSR count). The van der Waals surface area contributed by atoms with E-state index in [1.54, 1.807) is 12.1 Å². The van der Waals surface area contributed by atoms with Crippen molar-refractivity contribution in [2.24, 2.45) is 0 Å². The minimum absolute atomic E-state index is 0.0304. The number of benzene rings is 2. The van der Waals surface area contributed by atoms with Crippen LogP contribution in [0.2, 0.25) is 5.02 Å². The predicted octanol–water partition coefficient (Wildman–Crippen LogP) is 5.27. The summed E-state index contributed by atoms with van der Waals surface area (Å²) < 4.78 is 13.2. The Balaban J connectivity index is 1.82. The summed E-state index contributed by atoms with van der Waals surface area (Å²) in [5.41, 5.74) is 1.80. The van der Waals surface area contributed by atoms with Gasteiger partial charge in [0, 0.05) is 35.4 Å². The van der Waals surface area contributed by atoms with Crippen LogP contribution >= 0.6 is 23.4 Å². The highest BCUT2D eigenvalue weighted by atomic mass is 35.5. The zero-order valence-corrected chi connectivity index (χ0v) is 17.6. The Hall–Kier alpha value is -2.51. The van der Waals surface area contributed by atoms with Crippen LogP contribution < -0.4 is 4.90 Å². The summed E-state index contributed by atoms with van der Waals surface area (Å²) in [6, 6.07) is 9.03. The van der Waals surface area contributed by atoms with Crippen LogP contribution in [0.4, 0.5) is 14.9 Å². The molecular weight excluding hydrogens is 415 g/mol. The minimum Gasteiger partial charge on any atom is -0.507 e. The van der Waals surface area contributed by atoms with Gasteiger partial charge in [-0.1, -0.05) is 17.7 Å². The monoisotopic (exact) mass is 434 g/mol. The van der Waals surface area contributed by atoms with Crippen molar-refractivity contribution in [3.05, 3.63) is 63.3 Å². The maximum absolute atomic E-state index is 13.2. The number of carbonyl (C=O) groups excluding carboxylic acids is 2. The van der Waals surface area contributed by atoms with Gasteiger partial charge in [-0.05, 0) is 61.5 Å². The lowest BCUT2D eigenvalue weighted by molar-refractivity contribution is -0.123. The number of anilines is 1. The van der Waals surface area contributed by atoms with Crippen LogP contribution in [0.5, 0.6) is 5.75 Å². The second-order valence-corrected chi connectivity index (χ2v) is 7.82. The van der Waals surface area contributed by atoms with E-state index in [9.17, 15) is 19.1 Å². The summed E-state index contributed by atoms with van der Waals surface area (Å²) in [5, 5.41) is 10.1. The first-order valence-corrected chi connectivity index (χ1v) is 10.3. The second-order valence-electron chi connectivity index (χ2n) is 6.42. The average molecular weight is 435 g/mol. The molecule has 0 unspecified atom stereocenters. The van der Waals surface area contributed by atoms with E-state index in [4.69, 9.17) is 11.6 Å². The summed E-state index contributed by atoms with van der Waals surface area (Å²) in [5.74, 6) is -0.938. The molecule has 1 aliphatic heterocycles. The van der Waals surface area contributed by atoms with Gasteiger partial charge in [0.05, 0.1) is 11.4 Å². The van der Waals surface area contributed by atoms with Crippen molar-refractivity contribution in [1.82, 2.24) is 4.90 Å². The number of aromatic hydroxyl groups is 1. The smallest absolute Gasteiger partial charge is 0.293 e. The quantitative estimate of drug-likeness (QED) is 0.628. The fraction of sp³-hybridized carbons (Fsp3) is 0.238. The molecule has 2 amide bonds. The van der Waals surface area contributed by atoms with Gasteiger partial charge >= 0.3 is 0 Å². The molecule has 1 N–H and O–H groups in total. The molecule has 29 heavy (non-hydrogen) atoms. The minimum atomic E-state index is -0.489. The van der Waals surface area contributed by atoms with Crippen molar-refractivity contribution in [2.45, 2.75) is 20.4 Å². The van der Waals surface area contributed by atoms with Crippen LogP contribution in [-0.4, -0.2) is 34.2 Å². The highest BCUT2D eigenvalue weighted by Crippen LogP contribution is 2.36. The van der Waals surface area contributed by atoms with Crippen LogP contribution in [0.3, 0.4) is 0 Å². The van der Waals surface area contributed by atoms with Crippen LogP contribution in [0.1, 0.15) is 25.0 Å². The molecule has 0 bridgehead atoms. The van der Waals surface area contributed by atoms with Crippen molar-refractivity contribution in [3.8, 4) is 5.75 Å². The second kappa shape index (κ2) is 8.88. The Kier molecular flexibility index (Phi) is 6.49. The molecule has 2 aromatic rings. The standard InChI is InChI=1S/C21H20ClFN2O3S/c1-3-24(4-2)16-8-6-13(18(26)11-16)9-19-20(27)25(21(28)29-19)12-14-5-7-15(23)10-17(14)22/h5-11,26H,3-4,12H2,1-2H3/b19-9-. The molecule has 0 atom stereocenters. The van der Waals surface area contributed by atoms with Crippen molar-refractivity contribution < 1.29 is 19.1 Å². The SMILES string of the molecule is CCN(CC)c1ccc(/C=C2\SC(=O)N(Cc3ccc(F)cc3Cl)C2=O)c(O)c1. The number of thioether (sulfide) groups is 1. The number of carbonyl (C=O) groups is 2. The van der Waals surface area contributed by atoms with Crippen LogP contribution in [-0.2, 0) is 11.3 Å². The highest BCUT2D eigenvalue weighted by molar-refractivity contribution is 8.18. The van der Waals surface area contributed by atoms with E-state index in [0.29, 0.717) is 11.1 Å². The number of halogens is 2. The first kappa shape index (κ1) is 21.2. The normalized spacial score (nSPS) is 15.4. The van der Waals surface area contributed by atoms with Gasteiger partial charge in [-0.3, -0.25) is 14.5 Å². The van der Waals surface area contributed by atoms with E-state index >= 15 is 0 Å². The van der Waals surface area contributed by atoms with Gasteiger partial charge in [0.1, 0.15) is 11.6 Å². The molecule has 1 aliphatic rings. The van der Waals surface area contributed by atoms with Crippen molar-refractivity contribution in [2.75, 3.05) is 18.0 Å². The number of phenols is 1. The first-order valence-electron chi connectivity index (χ1n) is 9.11. The van der Waals surface area contributed by atoms with Gasteiger partial charge in [-0.25, -0.2) is 4.39 Å². The summed E-state index contributed by atoms with van der Waals surface area (Å²) in [4.78, 5) is 28.4. The Labute approximate surface area is 177 Å². The number of phenolic OH excluding ortho intramolecular Hbond substituents is 1. The fourth-order valence-corrected chi connectivity index (χ4v) is 4.09. The highest BCUT2D eigenvalue weighted by Gasteiger charge is 2.35. The average Bonchev–Trinajstić information content (AvgIpc) is 2.94. The van der Waals surface area contributed by atoms with Gasteiger partial charge in [-0.2, -0.15) is 0 Å². The lowest BCUT2D eigenvalue weighted by atomic mass is 10.1. The third-order valence-corrected chi connectivity index (χ3v) is 5.91. The molecule has 5 nitrogen and oxygen atoms in total. The van der Waals surface area contributed by atoms with Gasteiger partial charge in [0.15, 0.2) is 0 Å². The molecule has 8 heteroatoms. The predicted molar refractivity (Wildman–Crippen MR) is 115 cm³/mol. The summed E-state index contributed by atoms with van der Waals surface area (Å²) in [6.45, 7) is 5.62. The van der Waals surface area contributed by atoms with Crippen LogP contribution in [0.25, 0.3) is 6.08 Å². The summed E-state index contributed by atoms with van der Waals surface area (Å²) >= 11 is 6.80. The molecule has 0 spiro atoms. The number of amides is 2. The van der Waals surface area contributed by atoms with E-state index < -0.39 is 17.0 Å². The van der Waals surface area contributed by atoms with Crippen molar-refractivity contribution in [3.63, 3.8) is 0 Å². The zero-order chi connectivity index (χ0) is 21.1. The van der Waals surface area contributed by atoms with E-state index in [-0.39, 0.29) is 22.2 Å². The van der Waals surface area contributed by atoms with Crippen LogP contribution in [0, 0.1) is 5.82 Å². The van der Waals surface area contributed by atoms with Crippen molar-refractivity contribution in [1.29, 1.82) is 0 Å². The summed E-state index contributed by atoms with van der Waals surface area (Å²) in [7, 11) is 0. The van der Waals surface area contributed by atoms with Crippen molar-refractivity contribution >= 4 is 46.3 Å². The summed E-state index contributed by atoms with van der Waals surface area (Å²) in [6.07, 6.45) is 1.50. The van der Waals surface area contributed by atoms with E-state index in [2.05, 4.69) is 4.90 Å². The molecule has 2 aromatic carbocycles.